The predicted octanol–water partition coefficient (Wildman–Crippen LogP) is 1.83. The lowest BCUT2D eigenvalue weighted by atomic mass is 10.1. The number of hydrogen-bond acceptors (Lipinski definition) is 4. The van der Waals surface area contributed by atoms with Gasteiger partial charge in [-0.15, -0.1) is 0 Å². The number of halogens is 1. The maximum absolute atomic E-state index is 12.2. The summed E-state index contributed by atoms with van der Waals surface area (Å²) in [5.41, 5.74) is 0.703. The average Bonchev–Trinajstić information content (AvgIpc) is 2.47. The highest BCUT2D eigenvalue weighted by Gasteiger charge is 2.20. The topological polar surface area (TPSA) is 76.1 Å². The Morgan fingerprint density at radius 3 is 2.73 bits per heavy atom. The van der Waals surface area contributed by atoms with Crippen LogP contribution in [-0.2, 0) is 16.0 Å². The number of carboxylic acids is 1. The van der Waals surface area contributed by atoms with Crippen LogP contribution >= 0.6 is 11.6 Å². The van der Waals surface area contributed by atoms with E-state index in [2.05, 4.69) is 0 Å². The Kier molecular flexibility index (Phi) is 5.13. The number of aliphatic carboxylic acids is 1. The first-order valence-electron chi connectivity index (χ1n) is 6.93. The normalized spacial score (nSPS) is 14.3. The van der Waals surface area contributed by atoms with Gasteiger partial charge in [0, 0.05) is 13.6 Å². The van der Waals surface area contributed by atoms with Crippen LogP contribution in [0.1, 0.15) is 12.5 Å². The van der Waals surface area contributed by atoms with E-state index in [1.54, 1.807) is 26.1 Å². The van der Waals surface area contributed by atoms with Crippen molar-refractivity contribution in [1.29, 1.82) is 0 Å². The number of rotatable bonds is 5. The number of benzene rings is 1. The zero-order valence-corrected chi connectivity index (χ0v) is 13.2. The standard InChI is InChI=1S/C15H18ClNO5/c1-9(15(19)20)8-17(2)13(18)7-10-5-11(16)14-12(6-10)21-3-4-22-14/h5-6,9H,3-4,7-8H2,1-2H3,(H,19,20)/t9-/m0/s1. The minimum atomic E-state index is -0.929. The molecule has 22 heavy (non-hydrogen) atoms. The van der Waals surface area contributed by atoms with Gasteiger partial charge in [-0.2, -0.15) is 0 Å². The molecule has 0 radical (unpaired) electrons. The van der Waals surface area contributed by atoms with Gasteiger partial charge >= 0.3 is 5.97 Å². The van der Waals surface area contributed by atoms with E-state index in [4.69, 9.17) is 26.2 Å². The lowest BCUT2D eigenvalue weighted by Crippen LogP contribution is -2.34. The molecule has 0 aromatic heterocycles. The third-order valence-electron chi connectivity index (χ3n) is 3.41. The Morgan fingerprint density at radius 1 is 1.36 bits per heavy atom. The summed E-state index contributed by atoms with van der Waals surface area (Å²) in [5, 5.41) is 9.29. The fourth-order valence-corrected chi connectivity index (χ4v) is 2.45. The van der Waals surface area contributed by atoms with E-state index in [0.29, 0.717) is 35.3 Å². The molecule has 1 aromatic carbocycles. The van der Waals surface area contributed by atoms with Crippen LogP contribution in [0.4, 0.5) is 0 Å². The van der Waals surface area contributed by atoms with Crippen molar-refractivity contribution in [2.45, 2.75) is 13.3 Å². The molecule has 0 saturated heterocycles. The van der Waals surface area contributed by atoms with Gasteiger partial charge in [-0.3, -0.25) is 9.59 Å². The first-order chi connectivity index (χ1) is 10.4. The van der Waals surface area contributed by atoms with E-state index in [0.717, 1.165) is 0 Å². The molecule has 0 aliphatic carbocycles. The second kappa shape index (κ2) is 6.87. The van der Waals surface area contributed by atoms with Crippen LogP contribution in [-0.4, -0.2) is 48.7 Å². The van der Waals surface area contributed by atoms with Crippen molar-refractivity contribution in [2.24, 2.45) is 5.92 Å². The zero-order chi connectivity index (χ0) is 16.3. The van der Waals surface area contributed by atoms with Gasteiger partial charge in [-0.05, 0) is 17.7 Å². The molecular weight excluding hydrogens is 310 g/mol. The maximum Gasteiger partial charge on any atom is 0.308 e. The van der Waals surface area contributed by atoms with Crippen molar-refractivity contribution in [3.05, 3.63) is 22.7 Å². The molecule has 1 aliphatic heterocycles. The van der Waals surface area contributed by atoms with Gasteiger partial charge < -0.3 is 19.5 Å². The molecule has 120 valence electrons. The molecular formula is C15H18ClNO5. The Morgan fingerprint density at radius 2 is 2.05 bits per heavy atom. The van der Waals surface area contributed by atoms with Gasteiger partial charge in [0.25, 0.3) is 0 Å². The molecule has 7 heteroatoms. The Balaban J connectivity index is 2.05. The summed E-state index contributed by atoms with van der Waals surface area (Å²) >= 11 is 6.13. The van der Waals surface area contributed by atoms with E-state index in [9.17, 15) is 9.59 Å². The lowest BCUT2D eigenvalue weighted by molar-refractivity contribution is -0.142. The number of fused-ring (bicyclic) bond motifs is 1. The van der Waals surface area contributed by atoms with Crippen molar-refractivity contribution in [3.63, 3.8) is 0 Å². The number of likely N-dealkylation sites (N-methyl/N-ethyl adjacent to an activating group) is 1. The molecule has 1 aliphatic rings. The summed E-state index contributed by atoms with van der Waals surface area (Å²) in [4.78, 5) is 24.4. The van der Waals surface area contributed by atoms with Crippen LogP contribution in [0.15, 0.2) is 12.1 Å². The largest absolute Gasteiger partial charge is 0.486 e. The number of carbonyl (C=O) groups is 2. The molecule has 0 saturated carbocycles. The molecule has 0 unspecified atom stereocenters. The predicted molar refractivity (Wildman–Crippen MR) is 80.6 cm³/mol. The minimum absolute atomic E-state index is 0.124. The van der Waals surface area contributed by atoms with E-state index in [-0.39, 0.29) is 18.9 Å². The number of carbonyl (C=O) groups excluding carboxylic acids is 1. The van der Waals surface area contributed by atoms with Gasteiger partial charge in [0.2, 0.25) is 5.91 Å². The average molecular weight is 328 g/mol. The van der Waals surface area contributed by atoms with Gasteiger partial charge in [0.1, 0.15) is 13.2 Å². The molecule has 0 fully saturated rings. The summed E-state index contributed by atoms with van der Waals surface area (Å²) in [6.45, 7) is 2.61. The van der Waals surface area contributed by atoms with Crippen molar-refractivity contribution in [2.75, 3.05) is 26.8 Å². The third-order valence-corrected chi connectivity index (χ3v) is 3.69. The Labute approximate surface area is 133 Å². The summed E-state index contributed by atoms with van der Waals surface area (Å²) in [5.74, 6) is -0.694. The molecule has 1 amide bonds. The Hall–Kier alpha value is -1.95. The summed E-state index contributed by atoms with van der Waals surface area (Å²) in [7, 11) is 1.58. The number of amides is 1. The molecule has 1 atom stereocenters. The zero-order valence-electron chi connectivity index (χ0n) is 12.5. The van der Waals surface area contributed by atoms with Crippen LogP contribution in [0.5, 0.6) is 11.5 Å². The van der Waals surface area contributed by atoms with Crippen LogP contribution in [0, 0.1) is 5.92 Å². The van der Waals surface area contributed by atoms with Crippen LogP contribution in [0.3, 0.4) is 0 Å². The highest BCUT2D eigenvalue weighted by atomic mass is 35.5. The molecule has 0 spiro atoms. The fourth-order valence-electron chi connectivity index (χ4n) is 2.17. The minimum Gasteiger partial charge on any atom is -0.486 e. The number of hydrogen-bond donors (Lipinski definition) is 1. The summed E-state index contributed by atoms with van der Waals surface area (Å²) < 4.78 is 10.9. The highest BCUT2D eigenvalue weighted by Crippen LogP contribution is 2.38. The molecule has 2 rings (SSSR count). The first-order valence-corrected chi connectivity index (χ1v) is 7.31. The quantitative estimate of drug-likeness (QED) is 0.893. The maximum atomic E-state index is 12.2. The lowest BCUT2D eigenvalue weighted by Gasteiger charge is -2.22. The highest BCUT2D eigenvalue weighted by molar-refractivity contribution is 6.32. The Bertz CT molecular complexity index is 590. The molecule has 6 nitrogen and oxygen atoms in total. The monoisotopic (exact) mass is 327 g/mol. The van der Waals surface area contributed by atoms with Crippen LogP contribution in [0.2, 0.25) is 5.02 Å². The third kappa shape index (κ3) is 3.82. The number of nitrogens with zero attached hydrogens (tertiary/aromatic N) is 1. The van der Waals surface area contributed by atoms with Crippen LogP contribution in [0.25, 0.3) is 0 Å². The van der Waals surface area contributed by atoms with E-state index in [1.807, 2.05) is 0 Å². The smallest absolute Gasteiger partial charge is 0.308 e. The number of carboxylic acid groups (broad SMARTS) is 1. The molecule has 1 aromatic rings. The van der Waals surface area contributed by atoms with Crippen molar-refractivity contribution in [3.8, 4) is 11.5 Å². The van der Waals surface area contributed by atoms with Gasteiger partial charge in [0.05, 0.1) is 17.4 Å². The fraction of sp³-hybridized carbons (Fsp3) is 0.467. The number of ether oxygens (including phenoxy) is 2. The van der Waals surface area contributed by atoms with Crippen molar-refractivity contribution >= 4 is 23.5 Å². The molecule has 1 heterocycles. The van der Waals surface area contributed by atoms with E-state index >= 15 is 0 Å². The molecule has 1 N–H and O–H groups in total. The summed E-state index contributed by atoms with van der Waals surface area (Å²) in [6, 6.07) is 3.40. The first kappa shape index (κ1) is 16.4. The van der Waals surface area contributed by atoms with Crippen LogP contribution < -0.4 is 9.47 Å². The second-order valence-corrected chi connectivity index (χ2v) is 5.70. The van der Waals surface area contributed by atoms with Crippen molar-refractivity contribution < 1.29 is 24.2 Å². The van der Waals surface area contributed by atoms with Crippen molar-refractivity contribution in [1.82, 2.24) is 4.90 Å². The van der Waals surface area contributed by atoms with Gasteiger partial charge in [-0.25, -0.2) is 0 Å². The van der Waals surface area contributed by atoms with E-state index < -0.39 is 11.9 Å². The van der Waals surface area contributed by atoms with E-state index in [1.165, 1.54) is 4.90 Å². The van der Waals surface area contributed by atoms with Gasteiger partial charge in [0.15, 0.2) is 11.5 Å². The summed E-state index contributed by atoms with van der Waals surface area (Å²) in [6.07, 6.45) is 0.124. The SMILES string of the molecule is C[C@@H](CN(C)C(=O)Cc1cc(Cl)c2c(c1)OCCO2)C(=O)O. The molecule has 0 bridgehead atoms. The second-order valence-electron chi connectivity index (χ2n) is 5.29. The van der Waals surface area contributed by atoms with Gasteiger partial charge in [-0.1, -0.05) is 18.5 Å².